The molecule has 1 rings (SSSR count). The van der Waals surface area contributed by atoms with E-state index in [1.54, 1.807) is 4.90 Å². The zero-order chi connectivity index (χ0) is 6.85. The quantitative estimate of drug-likeness (QED) is 0.377. The van der Waals surface area contributed by atoms with E-state index in [4.69, 9.17) is 5.11 Å². The summed E-state index contributed by atoms with van der Waals surface area (Å²) in [5.74, 6) is -0.260. The second-order valence-electron chi connectivity index (χ2n) is 1.95. The van der Waals surface area contributed by atoms with Gasteiger partial charge in [-0.15, -0.1) is 0 Å². The summed E-state index contributed by atoms with van der Waals surface area (Å²) in [7, 11) is 1.34. The van der Waals surface area contributed by atoms with Crippen molar-refractivity contribution in [1.29, 1.82) is 0 Å². The highest BCUT2D eigenvalue weighted by molar-refractivity contribution is 5.78. The van der Waals surface area contributed by atoms with Gasteiger partial charge in [0.25, 0.3) is 0 Å². The summed E-state index contributed by atoms with van der Waals surface area (Å²) in [6, 6.07) is -0.181. The lowest BCUT2D eigenvalue weighted by Crippen LogP contribution is -2.14. The molecule has 4 heteroatoms. The van der Waals surface area contributed by atoms with E-state index in [1.807, 2.05) is 0 Å². The Labute approximate surface area is 53.0 Å². The Morgan fingerprint density at radius 2 is 2.67 bits per heavy atom. The minimum absolute atomic E-state index is 0.0558. The summed E-state index contributed by atoms with van der Waals surface area (Å²) in [5.41, 5.74) is 0. The summed E-state index contributed by atoms with van der Waals surface area (Å²) in [6.07, 6.45) is 0. The molecule has 1 N–H and O–H groups in total. The average molecular weight is 131 g/mol. The molecule has 0 spiro atoms. The highest BCUT2D eigenvalue weighted by Crippen LogP contribution is 2.15. The minimum atomic E-state index is -0.260. The fraction of sp³-hybridized carbons (Fsp3) is 0.800. The van der Waals surface area contributed by atoms with Gasteiger partial charge in [0.1, 0.15) is 6.04 Å². The van der Waals surface area contributed by atoms with Crippen LogP contribution in [0.15, 0.2) is 0 Å². The molecular formula is C5H9NO3. The smallest absolute Gasteiger partial charge is 0.324 e. The minimum Gasteiger partial charge on any atom is -0.468 e. The van der Waals surface area contributed by atoms with E-state index in [-0.39, 0.29) is 18.7 Å². The molecule has 0 saturated carbocycles. The molecule has 0 aromatic rings. The third-order valence-electron chi connectivity index (χ3n) is 1.37. The van der Waals surface area contributed by atoms with Crippen molar-refractivity contribution in [3.8, 4) is 0 Å². The number of rotatable bonds is 2. The fourth-order valence-corrected chi connectivity index (χ4v) is 0.691. The first-order chi connectivity index (χ1) is 4.29. The number of aliphatic hydroxyl groups excluding tert-OH is 1. The third kappa shape index (κ3) is 1.20. The van der Waals surface area contributed by atoms with Crippen molar-refractivity contribution in [1.82, 2.24) is 4.90 Å². The van der Waals surface area contributed by atoms with Crippen LogP contribution in [0.5, 0.6) is 0 Å². The Morgan fingerprint density at radius 3 is 3.00 bits per heavy atom. The van der Waals surface area contributed by atoms with E-state index < -0.39 is 0 Å². The van der Waals surface area contributed by atoms with Crippen LogP contribution >= 0.6 is 0 Å². The Kier molecular flexibility index (Phi) is 1.68. The molecule has 0 radical (unpaired) electrons. The molecule has 0 amide bonds. The SMILES string of the molecule is COC(=O)C1CN1CO. The molecule has 1 fully saturated rings. The predicted molar refractivity (Wildman–Crippen MR) is 29.6 cm³/mol. The lowest BCUT2D eigenvalue weighted by Gasteiger charge is -1.95. The molecule has 52 valence electrons. The maximum Gasteiger partial charge on any atom is 0.324 e. The predicted octanol–water partition coefficient (Wildman–Crippen LogP) is -1.21. The van der Waals surface area contributed by atoms with Gasteiger partial charge in [-0.1, -0.05) is 0 Å². The van der Waals surface area contributed by atoms with Gasteiger partial charge in [0, 0.05) is 6.54 Å². The van der Waals surface area contributed by atoms with Crippen molar-refractivity contribution in [2.24, 2.45) is 0 Å². The number of nitrogens with zero attached hydrogens (tertiary/aromatic N) is 1. The van der Waals surface area contributed by atoms with Crippen LogP contribution in [-0.4, -0.2) is 42.4 Å². The molecule has 1 aliphatic heterocycles. The number of carbonyl (C=O) groups excluding carboxylic acids is 1. The zero-order valence-corrected chi connectivity index (χ0v) is 5.20. The second-order valence-corrected chi connectivity index (χ2v) is 1.95. The van der Waals surface area contributed by atoms with Crippen LogP contribution in [0.4, 0.5) is 0 Å². The van der Waals surface area contributed by atoms with Gasteiger partial charge in [0.15, 0.2) is 0 Å². The highest BCUT2D eigenvalue weighted by Gasteiger charge is 2.40. The van der Waals surface area contributed by atoms with Crippen LogP contribution in [0.3, 0.4) is 0 Å². The number of methoxy groups -OCH3 is 1. The van der Waals surface area contributed by atoms with Gasteiger partial charge in [-0.2, -0.15) is 0 Å². The van der Waals surface area contributed by atoms with E-state index in [0.717, 1.165) is 0 Å². The second kappa shape index (κ2) is 2.33. The van der Waals surface area contributed by atoms with Gasteiger partial charge in [-0.3, -0.25) is 9.69 Å². The maximum absolute atomic E-state index is 10.6. The zero-order valence-electron chi connectivity index (χ0n) is 5.20. The summed E-state index contributed by atoms with van der Waals surface area (Å²) >= 11 is 0. The first kappa shape index (κ1) is 6.51. The molecule has 2 unspecified atom stereocenters. The van der Waals surface area contributed by atoms with Crippen LogP contribution in [0.2, 0.25) is 0 Å². The average Bonchev–Trinajstić information content (AvgIpc) is 2.64. The van der Waals surface area contributed by atoms with Gasteiger partial charge < -0.3 is 9.84 Å². The molecule has 0 aromatic carbocycles. The number of ether oxygens (including phenoxy) is 1. The van der Waals surface area contributed by atoms with Gasteiger partial charge in [-0.25, -0.2) is 0 Å². The van der Waals surface area contributed by atoms with Gasteiger partial charge in [0.05, 0.1) is 13.8 Å². The first-order valence-corrected chi connectivity index (χ1v) is 2.72. The van der Waals surface area contributed by atoms with E-state index in [9.17, 15) is 4.79 Å². The molecule has 1 aliphatic rings. The molecule has 1 heterocycles. The number of hydrogen-bond acceptors (Lipinski definition) is 4. The van der Waals surface area contributed by atoms with Crippen molar-refractivity contribution in [3.63, 3.8) is 0 Å². The molecule has 4 nitrogen and oxygen atoms in total. The van der Waals surface area contributed by atoms with Crippen molar-refractivity contribution in [2.45, 2.75) is 6.04 Å². The summed E-state index contributed by atoms with van der Waals surface area (Å²) in [5, 5.41) is 8.44. The first-order valence-electron chi connectivity index (χ1n) is 2.72. The standard InChI is InChI=1S/C5H9NO3/c1-9-5(8)4-2-6(4)3-7/h4,7H,2-3H2,1H3. The van der Waals surface area contributed by atoms with E-state index in [2.05, 4.69) is 4.74 Å². The molecule has 0 aromatic heterocycles. The summed E-state index contributed by atoms with van der Waals surface area (Å²) in [4.78, 5) is 12.2. The molecule has 1 saturated heterocycles. The number of hydrogen-bond donors (Lipinski definition) is 1. The lowest BCUT2D eigenvalue weighted by molar-refractivity contribution is -0.141. The fourth-order valence-electron chi connectivity index (χ4n) is 0.691. The highest BCUT2D eigenvalue weighted by atomic mass is 16.5. The van der Waals surface area contributed by atoms with E-state index >= 15 is 0 Å². The third-order valence-corrected chi connectivity index (χ3v) is 1.37. The van der Waals surface area contributed by atoms with Crippen LogP contribution in [-0.2, 0) is 9.53 Å². The topological polar surface area (TPSA) is 49.5 Å². The maximum atomic E-state index is 10.6. The Bertz CT molecular complexity index is 125. The number of aliphatic hydroxyl groups is 1. The van der Waals surface area contributed by atoms with Crippen molar-refractivity contribution in [2.75, 3.05) is 20.4 Å². The molecular weight excluding hydrogens is 122 g/mol. The monoisotopic (exact) mass is 131 g/mol. The van der Waals surface area contributed by atoms with Crippen molar-refractivity contribution in [3.05, 3.63) is 0 Å². The van der Waals surface area contributed by atoms with E-state index in [0.29, 0.717) is 6.54 Å². The summed E-state index contributed by atoms with van der Waals surface area (Å²) < 4.78 is 4.41. The van der Waals surface area contributed by atoms with Crippen molar-refractivity contribution < 1.29 is 14.6 Å². The molecule has 9 heavy (non-hydrogen) atoms. The summed E-state index contributed by atoms with van der Waals surface area (Å²) in [6.45, 7) is 0.572. The number of carbonyl (C=O) groups is 1. The van der Waals surface area contributed by atoms with Gasteiger partial charge >= 0.3 is 5.97 Å². The van der Waals surface area contributed by atoms with Crippen LogP contribution < -0.4 is 0 Å². The van der Waals surface area contributed by atoms with Crippen LogP contribution in [0.1, 0.15) is 0 Å². The lowest BCUT2D eigenvalue weighted by atomic mass is 10.5. The Morgan fingerprint density at radius 1 is 2.00 bits per heavy atom. The Hall–Kier alpha value is -0.610. The van der Waals surface area contributed by atoms with Crippen molar-refractivity contribution >= 4 is 5.97 Å². The van der Waals surface area contributed by atoms with Crippen LogP contribution in [0, 0.1) is 0 Å². The Balaban J connectivity index is 2.25. The van der Waals surface area contributed by atoms with Gasteiger partial charge in [0.2, 0.25) is 0 Å². The molecule has 0 bridgehead atoms. The van der Waals surface area contributed by atoms with Crippen LogP contribution in [0.25, 0.3) is 0 Å². The largest absolute Gasteiger partial charge is 0.468 e. The normalized spacial score (nSPS) is 31.8. The number of esters is 1. The van der Waals surface area contributed by atoms with E-state index in [1.165, 1.54) is 7.11 Å². The molecule has 0 aliphatic carbocycles. The molecule has 2 atom stereocenters. The van der Waals surface area contributed by atoms with Gasteiger partial charge in [-0.05, 0) is 0 Å².